The highest BCUT2D eigenvalue weighted by Crippen LogP contribution is 2.33. The number of nitrogens with one attached hydrogen (secondary N) is 1. The molecule has 0 fully saturated rings. The van der Waals surface area contributed by atoms with E-state index in [1.54, 1.807) is 12.1 Å². The van der Waals surface area contributed by atoms with Gasteiger partial charge in [-0.05, 0) is 54.3 Å². The lowest BCUT2D eigenvalue weighted by Gasteiger charge is -2.15. The molecular weight excluding hydrogens is 392 g/mol. The van der Waals surface area contributed by atoms with Crippen LogP contribution >= 0.6 is 0 Å². The van der Waals surface area contributed by atoms with E-state index >= 15 is 0 Å². The van der Waals surface area contributed by atoms with E-state index < -0.39 is 0 Å². The van der Waals surface area contributed by atoms with Crippen LogP contribution in [0.1, 0.15) is 30.9 Å². The van der Waals surface area contributed by atoms with Gasteiger partial charge in [-0.2, -0.15) is 0 Å². The zero-order valence-electron chi connectivity index (χ0n) is 17.7. The van der Waals surface area contributed by atoms with Crippen LogP contribution in [0.4, 0.5) is 5.69 Å². The fourth-order valence-corrected chi connectivity index (χ4v) is 3.36. The van der Waals surface area contributed by atoms with Crippen LogP contribution in [0.25, 0.3) is 22.6 Å². The van der Waals surface area contributed by atoms with Gasteiger partial charge in [-0.1, -0.05) is 38.1 Å². The fraction of sp³-hybridized carbons (Fsp3) is 0.200. The first-order valence-electron chi connectivity index (χ1n) is 10.1. The number of oxazole rings is 1. The SMILES string of the molecule is Cc1ccc(C(C)C)c(OCC(=O)Nc2ccc(-c3nc4ccccc4o3)c(O)c2)c1. The van der Waals surface area contributed by atoms with E-state index in [9.17, 15) is 9.90 Å². The lowest BCUT2D eigenvalue weighted by atomic mass is 10.0. The number of hydrogen-bond acceptors (Lipinski definition) is 5. The minimum Gasteiger partial charge on any atom is -0.507 e. The van der Waals surface area contributed by atoms with Crippen molar-refractivity contribution in [2.75, 3.05) is 11.9 Å². The molecule has 2 N–H and O–H groups in total. The van der Waals surface area contributed by atoms with Crippen LogP contribution in [0.15, 0.2) is 65.1 Å². The molecule has 158 valence electrons. The lowest BCUT2D eigenvalue weighted by molar-refractivity contribution is -0.118. The Labute approximate surface area is 180 Å². The Morgan fingerprint density at radius 2 is 1.94 bits per heavy atom. The van der Waals surface area contributed by atoms with Crippen LogP contribution in [0, 0.1) is 6.92 Å². The molecule has 0 aliphatic carbocycles. The summed E-state index contributed by atoms with van der Waals surface area (Å²) in [4.78, 5) is 16.8. The Morgan fingerprint density at radius 3 is 2.68 bits per heavy atom. The summed E-state index contributed by atoms with van der Waals surface area (Å²) in [5.41, 5.74) is 4.39. The molecule has 0 spiro atoms. The van der Waals surface area contributed by atoms with E-state index in [1.807, 2.05) is 49.4 Å². The molecule has 31 heavy (non-hydrogen) atoms. The Bertz CT molecular complexity index is 1210. The normalized spacial score (nSPS) is 11.1. The van der Waals surface area contributed by atoms with Gasteiger partial charge in [-0.15, -0.1) is 0 Å². The quantitative estimate of drug-likeness (QED) is 0.424. The molecule has 0 aliphatic heterocycles. The van der Waals surface area contributed by atoms with Crippen LogP contribution < -0.4 is 10.1 Å². The number of fused-ring (bicyclic) bond motifs is 1. The topological polar surface area (TPSA) is 84.6 Å². The molecule has 3 aromatic carbocycles. The number of carbonyl (C=O) groups excluding carboxylic acids is 1. The number of anilines is 1. The highest BCUT2D eigenvalue weighted by atomic mass is 16.5. The summed E-state index contributed by atoms with van der Waals surface area (Å²) in [7, 11) is 0. The number of carbonyl (C=O) groups is 1. The third-order valence-corrected chi connectivity index (χ3v) is 4.96. The molecule has 0 radical (unpaired) electrons. The molecule has 6 nitrogen and oxygen atoms in total. The van der Waals surface area contributed by atoms with E-state index in [2.05, 4.69) is 24.1 Å². The van der Waals surface area contributed by atoms with Gasteiger partial charge in [0, 0.05) is 11.8 Å². The van der Waals surface area contributed by atoms with E-state index in [0.29, 0.717) is 34.0 Å². The number of amides is 1. The van der Waals surface area contributed by atoms with Crippen LogP contribution in [-0.2, 0) is 4.79 Å². The molecule has 4 aromatic rings. The second-order valence-corrected chi connectivity index (χ2v) is 7.75. The number of phenolic OH excluding ortho intramolecular Hbond substituents is 1. The summed E-state index contributed by atoms with van der Waals surface area (Å²) in [5, 5.41) is 13.2. The smallest absolute Gasteiger partial charge is 0.262 e. The van der Waals surface area contributed by atoms with Crippen molar-refractivity contribution < 1.29 is 19.1 Å². The number of nitrogens with zero attached hydrogens (tertiary/aromatic N) is 1. The number of aryl methyl sites for hydroxylation is 1. The number of phenols is 1. The summed E-state index contributed by atoms with van der Waals surface area (Å²) in [6.45, 7) is 6.02. The molecule has 1 heterocycles. The Hall–Kier alpha value is -3.80. The van der Waals surface area contributed by atoms with Gasteiger partial charge < -0.3 is 19.6 Å². The van der Waals surface area contributed by atoms with Crippen LogP contribution in [0.5, 0.6) is 11.5 Å². The molecule has 1 amide bonds. The summed E-state index contributed by atoms with van der Waals surface area (Å²) < 4.78 is 11.5. The molecule has 0 atom stereocenters. The minimum absolute atomic E-state index is 0.0361. The van der Waals surface area contributed by atoms with Crippen molar-refractivity contribution in [2.24, 2.45) is 0 Å². The molecule has 6 heteroatoms. The van der Waals surface area contributed by atoms with Crippen molar-refractivity contribution in [2.45, 2.75) is 26.7 Å². The van der Waals surface area contributed by atoms with Gasteiger partial charge in [0.25, 0.3) is 5.91 Å². The van der Waals surface area contributed by atoms with Crippen molar-refractivity contribution in [1.29, 1.82) is 0 Å². The van der Waals surface area contributed by atoms with E-state index in [-0.39, 0.29) is 24.2 Å². The Morgan fingerprint density at radius 1 is 1.13 bits per heavy atom. The van der Waals surface area contributed by atoms with Crippen molar-refractivity contribution in [3.8, 4) is 23.0 Å². The number of benzene rings is 3. The Kier molecular flexibility index (Phi) is 5.62. The molecule has 0 aliphatic rings. The number of para-hydroxylation sites is 2. The third kappa shape index (κ3) is 4.53. The van der Waals surface area contributed by atoms with Gasteiger partial charge in [0.2, 0.25) is 5.89 Å². The highest BCUT2D eigenvalue weighted by molar-refractivity contribution is 5.92. The number of hydrogen-bond donors (Lipinski definition) is 2. The predicted molar refractivity (Wildman–Crippen MR) is 121 cm³/mol. The van der Waals surface area contributed by atoms with Crippen molar-refractivity contribution in [3.63, 3.8) is 0 Å². The van der Waals surface area contributed by atoms with Crippen LogP contribution in [0.3, 0.4) is 0 Å². The molecule has 0 bridgehead atoms. The molecular formula is C25H24N2O4. The standard InChI is InChI=1S/C25H24N2O4/c1-15(2)18-10-8-16(3)12-23(18)30-14-24(29)26-17-9-11-19(21(28)13-17)25-27-20-6-4-5-7-22(20)31-25/h4-13,15,28H,14H2,1-3H3,(H,26,29). The summed E-state index contributed by atoms with van der Waals surface area (Å²) in [6.07, 6.45) is 0. The average molecular weight is 416 g/mol. The second kappa shape index (κ2) is 8.52. The fourth-order valence-electron chi connectivity index (χ4n) is 3.36. The van der Waals surface area contributed by atoms with Gasteiger partial charge in [-0.25, -0.2) is 4.98 Å². The maximum Gasteiger partial charge on any atom is 0.262 e. The van der Waals surface area contributed by atoms with Crippen LogP contribution in [0.2, 0.25) is 0 Å². The Balaban J connectivity index is 1.45. The van der Waals surface area contributed by atoms with Crippen molar-refractivity contribution in [3.05, 3.63) is 71.8 Å². The highest BCUT2D eigenvalue weighted by Gasteiger charge is 2.14. The van der Waals surface area contributed by atoms with Gasteiger partial charge in [0.1, 0.15) is 17.0 Å². The maximum absolute atomic E-state index is 12.4. The monoisotopic (exact) mass is 416 g/mol. The van der Waals surface area contributed by atoms with Crippen LogP contribution in [-0.4, -0.2) is 22.6 Å². The van der Waals surface area contributed by atoms with Gasteiger partial charge >= 0.3 is 0 Å². The third-order valence-electron chi connectivity index (χ3n) is 4.96. The number of ether oxygens (including phenoxy) is 1. The summed E-state index contributed by atoms with van der Waals surface area (Å²) >= 11 is 0. The van der Waals surface area contributed by atoms with Gasteiger partial charge in [-0.3, -0.25) is 4.79 Å². The number of aromatic nitrogens is 1. The molecule has 4 rings (SSSR count). The van der Waals surface area contributed by atoms with Gasteiger partial charge in [0.05, 0.1) is 5.56 Å². The minimum atomic E-state index is -0.315. The first-order chi connectivity index (χ1) is 14.9. The van der Waals surface area contributed by atoms with E-state index in [4.69, 9.17) is 9.15 Å². The van der Waals surface area contributed by atoms with Crippen molar-refractivity contribution >= 4 is 22.7 Å². The summed E-state index contributed by atoms with van der Waals surface area (Å²) in [6, 6.07) is 18.2. The number of aromatic hydroxyl groups is 1. The maximum atomic E-state index is 12.4. The molecule has 1 aromatic heterocycles. The average Bonchev–Trinajstić information content (AvgIpc) is 3.16. The molecule has 0 saturated heterocycles. The predicted octanol–water partition coefficient (Wildman–Crippen LogP) is 5.65. The zero-order valence-corrected chi connectivity index (χ0v) is 17.7. The lowest BCUT2D eigenvalue weighted by Crippen LogP contribution is -2.20. The molecule has 0 saturated carbocycles. The first-order valence-corrected chi connectivity index (χ1v) is 10.1. The first kappa shape index (κ1) is 20.5. The van der Waals surface area contributed by atoms with Gasteiger partial charge in [0.15, 0.2) is 12.2 Å². The van der Waals surface area contributed by atoms with E-state index in [0.717, 1.165) is 11.1 Å². The summed E-state index contributed by atoms with van der Waals surface area (Å²) in [5.74, 6) is 0.964. The second-order valence-electron chi connectivity index (χ2n) is 7.75. The molecule has 0 unspecified atom stereocenters. The van der Waals surface area contributed by atoms with Crippen molar-refractivity contribution in [1.82, 2.24) is 4.98 Å². The largest absolute Gasteiger partial charge is 0.507 e. The zero-order chi connectivity index (χ0) is 22.0. The number of rotatable bonds is 6. The van der Waals surface area contributed by atoms with E-state index in [1.165, 1.54) is 6.07 Å².